The molecule has 0 bridgehead atoms. The van der Waals surface area contributed by atoms with E-state index in [0.29, 0.717) is 11.6 Å². The smallest absolute Gasteiger partial charge is 0.416 e. The molecule has 0 saturated heterocycles. The fourth-order valence-corrected chi connectivity index (χ4v) is 2.27. The summed E-state index contributed by atoms with van der Waals surface area (Å²) >= 11 is 0. The van der Waals surface area contributed by atoms with Crippen molar-refractivity contribution in [1.29, 1.82) is 0 Å². The average Bonchev–Trinajstić information content (AvgIpc) is 2.61. The fourth-order valence-electron chi connectivity index (χ4n) is 2.27. The van der Waals surface area contributed by atoms with Crippen molar-refractivity contribution in [3.8, 4) is 0 Å². The van der Waals surface area contributed by atoms with E-state index in [1.807, 2.05) is 0 Å². The molecule has 0 aliphatic carbocycles. The second kappa shape index (κ2) is 8.20. The van der Waals surface area contributed by atoms with Crippen LogP contribution in [0.4, 0.5) is 17.6 Å². The number of amides is 1. The molecule has 144 valence electrons. The Morgan fingerprint density at radius 1 is 1.04 bits per heavy atom. The van der Waals surface area contributed by atoms with Crippen molar-refractivity contribution in [3.05, 3.63) is 71.0 Å². The summed E-state index contributed by atoms with van der Waals surface area (Å²) < 4.78 is 56.0. The van der Waals surface area contributed by atoms with Crippen molar-refractivity contribution >= 4 is 11.9 Å². The van der Waals surface area contributed by atoms with Crippen molar-refractivity contribution in [2.24, 2.45) is 0 Å². The van der Waals surface area contributed by atoms with Crippen LogP contribution in [0.15, 0.2) is 48.5 Å². The maximum Gasteiger partial charge on any atom is 0.416 e. The Hall–Kier alpha value is -2.90. The molecule has 0 saturated carbocycles. The van der Waals surface area contributed by atoms with E-state index in [2.05, 4.69) is 5.32 Å². The highest BCUT2D eigenvalue weighted by atomic mass is 19.4. The van der Waals surface area contributed by atoms with Gasteiger partial charge < -0.3 is 10.1 Å². The molecule has 0 aromatic heterocycles. The standard InChI is InChI=1S/C19H17F4NO3/c1-11(13-6-8-16(20)9-7-13)24-17(25)12(2)27-18(26)14-4-3-5-15(10-14)19(21,22)23/h3-12H,1-2H3,(H,24,25). The molecule has 0 spiro atoms. The molecule has 0 aliphatic heterocycles. The van der Waals surface area contributed by atoms with Gasteiger partial charge in [0.05, 0.1) is 17.2 Å². The lowest BCUT2D eigenvalue weighted by atomic mass is 10.1. The zero-order chi connectivity index (χ0) is 20.2. The molecule has 8 heteroatoms. The van der Waals surface area contributed by atoms with Crippen LogP contribution in [0.3, 0.4) is 0 Å². The normalized spacial score (nSPS) is 13.6. The first-order chi connectivity index (χ1) is 12.6. The Kier molecular flexibility index (Phi) is 6.20. The molecule has 2 aromatic carbocycles. The molecule has 0 aliphatic rings. The first-order valence-electron chi connectivity index (χ1n) is 8.02. The number of hydrogen-bond donors (Lipinski definition) is 1. The third-order valence-corrected chi connectivity index (χ3v) is 3.81. The molecular formula is C19H17F4NO3. The van der Waals surface area contributed by atoms with Gasteiger partial charge in [-0.1, -0.05) is 18.2 Å². The highest BCUT2D eigenvalue weighted by Crippen LogP contribution is 2.29. The molecule has 0 fully saturated rings. The van der Waals surface area contributed by atoms with Crippen LogP contribution in [0.1, 0.15) is 41.4 Å². The molecule has 2 rings (SSSR count). The van der Waals surface area contributed by atoms with Gasteiger partial charge in [-0.15, -0.1) is 0 Å². The number of halogens is 4. The van der Waals surface area contributed by atoms with Crippen molar-refractivity contribution in [3.63, 3.8) is 0 Å². The van der Waals surface area contributed by atoms with Crippen LogP contribution >= 0.6 is 0 Å². The number of nitrogens with one attached hydrogen (secondary N) is 1. The summed E-state index contributed by atoms with van der Waals surface area (Å²) in [6.45, 7) is 2.96. The number of hydrogen-bond acceptors (Lipinski definition) is 3. The van der Waals surface area contributed by atoms with E-state index in [0.717, 1.165) is 12.1 Å². The average molecular weight is 383 g/mol. The lowest BCUT2D eigenvalue weighted by Gasteiger charge is -2.18. The molecule has 1 N–H and O–H groups in total. The van der Waals surface area contributed by atoms with Gasteiger partial charge in [-0.05, 0) is 49.7 Å². The van der Waals surface area contributed by atoms with Gasteiger partial charge in [0.25, 0.3) is 5.91 Å². The Morgan fingerprint density at radius 2 is 1.67 bits per heavy atom. The van der Waals surface area contributed by atoms with Gasteiger partial charge in [-0.2, -0.15) is 13.2 Å². The molecule has 0 heterocycles. The number of ether oxygens (including phenoxy) is 1. The van der Waals surface area contributed by atoms with Gasteiger partial charge >= 0.3 is 12.1 Å². The van der Waals surface area contributed by atoms with Gasteiger partial charge in [0.15, 0.2) is 6.10 Å². The van der Waals surface area contributed by atoms with Crippen LogP contribution in [0.5, 0.6) is 0 Å². The van der Waals surface area contributed by atoms with E-state index in [4.69, 9.17) is 4.74 Å². The summed E-state index contributed by atoms with van der Waals surface area (Å²) in [5.74, 6) is -2.09. The van der Waals surface area contributed by atoms with Crippen LogP contribution in [-0.4, -0.2) is 18.0 Å². The molecule has 27 heavy (non-hydrogen) atoms. The topological polar surface area (TPSA) is 55.4 Å². The summed E-state index contributed by atoms with van der Waals surface area (Å²) in [6, 6.07) is 8.76. The van der Waals surface area contributed by atoms with Crippen LogP contribution in [0, 0.1) is 5.82 Å². The summed E-state index contributed by atoms with van der Waals surface area (Å²) in [4.78, 5) is 24.2. The molecule has 0 radical (unpaired) electrons. The van der Waals surface area contributed by atoms with Gasteiger partial charge in [0.2, 0.25) is 0 Å². The van der Waals surface area contributed by atoms with Crippen LogP contribution in [-0.2, 0) is 15.7 Å². The summed E-state index contributed by atoms with van der Waals surface area (Å²) in [6.07, 6.45) is -5.82. The molecule has 2 unspecified atom stereocenters. The van der Waals surface area contributed by atoms with Gasteiger partial charge in [0, 0.05) is 0 Å². The molecule has 2 aromatic rings. The molecule has 4 nitrogen and oxygen atoms in total. The Balaban J connectivity index is 1.99. The number of carbonyl (C=O) groups is 2. The number of alkyl halides is 3. The predicted octanol–water partition coefficient (Wildman–Crippen LogP) is 4.27. The fraction of sp³-hybridized carbons (Fsp3) is 0.263. The van der Waals surface area contributed by atoms with Crippen molar-refractivity contribution in [1.82, 2.24) is 5.32 Å². The van der Waals surface area contributed by atoms with Crippen molar-refractivity contribution in [2.75, 3.05) is 0 Å². The van der Waals surface area contributed by atoms with E-state index >= 15 is 0 Å². The summed E-state index contributed by atoms with van der Waals surface area (Å²) in [5.41, 5.74) is -0.656. The number of benzene rings is 2. The lowest BCUT2D eigenvalue weighted by Crippen LogP contribution is -2.37. The van der Waals surface area contributed by atoms with E-state index in [9.17, 15) is 27.2 Å². The van der Waals surface area contributed by atoms with Crippen molar-refractivity contribution < 1.29 is 31.9 Å². The minimum absolute atomic E-state index is 0.309. The first kappa shape index (κ1) is 20.4. The lowest BCUT2D eigenvalue weighted by molar-refractivity contribution is -0.137. The number of esters is 1. The minimum atomic E-state index is -4.59. The van der Waals surface area contributed by atoms with Gasteiger partial charge in [-0.3, -0.25) is 4.79 Å². The number of carbonyl (C=O) groups excluding carboxylic acids is 2. The highest BCUT2D eigenvalue weighted by molar-refractivity contribution is 5.92. The van der Waals surface area contributed by atoms with Crippen LogP contribution in [0.25, 0.3) is 0 Å². The zero-order valence-electron chi connectivity index (χ0n) is 14.5. The molecule has 1 amide bonds. The second-order valence-corrected chi connectivity index (χ2v) is 5.91. The van der Waals surface area contributed by atoms with Gasteiger partial charge in [0.1, 0.15) is 5.82 Å². The summed E-state index contributed by atoms with van der Waals surface area (Å²) in [5, 5.41) is 2.59. The van der Waals surface area contributed by atoms with E-state index in [-0.39, 0.29) is 5.56 Å². The maximum atomic E-state index is 12.9. The molecule has 2 atom stereocenters. The van der Waals surface area contributed by atoms with Gasteiger partial charge in [-0.25, -0.2) is 9.18 Å². The van der Waals surface area contributed by atoms with Crippen LogP contribution in [0.2, 0.25) is 0 Å². The van der Waals surface area contributed by atoms with Crippen LogP contribution < -0.4 is 5.32 Å². The summed E-state index contributed by atoms with van der Waals surface area (Å²) in [7, 11) is 0. The van der Waals surface area contributed by atoms with Crippen molar-refractivity contribution in [2.45, 2.75) is 32.2 Å². The minimum Gasteiger partial charge on any atom is -0.449 e. The third-order valence-electron chi connectivity index (χ3n) is 3.81. The SMILES string of the molecule is CC(OC(=O)c1cccc(C(F)(F)F)c1)C(=O)NC(C)c1ccc(F)cc1. The first-order valence-corrected chi connectivity index (χ1v) is 8.02. The Bertz CT molecular complexity index is 818. The predicted molar refractivity (Wildman–Crippen MR) is 89.3 cm³/mol. The second-order valence-electron chi connectivity index (χ2n) is 5.91. The Labute approximate surface area is 153 Å². The third kappa shape index (κ3) is 5.54. The van der Waals surface area contributed by atoms with E-state index in [1.165, 1.54) is 37.3 Å². The maximum absolute atomic E-state index is 12.9. The Morgan fingerprint density at radius 3 is 2.26 bits per heavy atom. The largest absolute Gasteiger partial charge is 0.449 e. The highest BCUT2D eigenvalue weighted by Gasteiger charge is 2.31. The number of rotatable bonds is 5. The molecular weight excluding hydrogens is 366 g/mol. The van der Waals surface area contributed by atoms with E-state index < -0.39 is 41.6 Å². The van der Waals surface area contributed by atoms with E-state index in [1.54, 1.807) is 6.92 Å². The zero-order valence-corrected chi connectivity index (χ0v) is 14.5. The quantitative estimate of drug-likeness (QED) is 0.620. The monoisotopic (exact) mass is 383 g/mol.